The molecule has 21 heavy (non-hydrogen) atoms. The minimum Gasteiger partial charge on any atom is -0.480 e. The first-order valence-electron chi connectivity index (χ1n) is 7.21. The van der Waals surface area contributed by atoms with E-state index in [9.17, 15) is 14.7 Å². The molecule has 1 fully saturated rings. The highest BCUT2D eigenvalue weighted by Crippen LogP contribution is 2.33. The second kappa shape index (κ2) is 4.91. The van der Waals surface area contributed by atoms with Gasteiger partial charge in [-0.05, 0) is 32.3 Å². The van der Waals surface area contributed by atoms with Crippen LogP contribution < -0.4 is 5.32 Å². The first-order valence-corrected chi connectivity index (χ1v) is 7.21. The Labute approximate surface area is 122 Å². The van der Waals surface area contributed by atoms with Gasteiger partial charge in [-0.15, -0.1) is 0 Å². The van der Waals surface area contributed by atoms with Crippen LogP contribution >= 0.6 is 0 Å². The summed E-state index contributed by atoms with van der Waals surface area (Å²) in [5, 5.41) is 12.9. The number of rotatable bonds is 4. The molecule has 3 rings (SSSR count). The Balaban J connectivity index is 1.97. The minimum absolute atomic E-state index is 0.305. The van der Waals surface area contributed by atoms with Gasteiger partial charge in [0.05, 0.1) is 5.56 Å². The highest BCUT2D eigenvalue weighted by Gasteiger charge is 2.46. The number of hydrogen-bond acceptors (Lipinski definition) is 2. The Morgan fingerprint density at radius 1 is 1.33 bits per heavy atom. The van der Waals surface area contributed by atoms with E-state index in [1.807, 2.05) is 35.8 Å². The standard InChI is InChI=1S/C16H18N2O3/c1-2-18-10-12(11-6-3-4-7-13(11)18)14(19)17-16(15(20)21)8-5-9-16/h3-4,6-7,10H,2,5,8-9H2,1H3,(H,17,19)(H,20,21). The van der Waals surface area contributed by atoms with Crippen molar-refractivity contribution in [3.63, 3.8) is 0 Å². The van der Waals surface area contributed by atoms with Gasteiger partial charge in [0, 0.05) is 23.6 Å². The summed E-state index contributed by atoms with van der Waals surface area (Å²) in [6.45, 7) is 2.77. The Kier molecular flexibility index (Phi) is 3.20. The SMILES string of the molecule is CCn1cc(C(=O)NC2(C(=O)O)CCC2)c2ccccc21. The summed E-state index contributed by atoms with van der Waals surface area (Å²) in [5.41, 5.74) is 0.454. The fourth-order valence-corrected chi connectivity index (χ4v) is 2.90. The number of fused-ring (bicyclic) bond motifs is 1. The Morgan fingerprint density at radius 3 is 2.62 bits per heavy atom. The first kappa shape index (κ1) is 13.7. The lowest BCUT2D eigenvalue weighted by atomic mass is 9.76. The van der Waals surface area contributed by atoms with Crippen molar-refractivity contribution in [3.8, 4) is 0 Å². The lowest BCUT2D eigenvalue weighted by Crippen LogP contribution is -2.59. The lowest BCUT2D eigenvalue weighted by Gasteiger charge is -2.38. The number of carboxylic acids is 1. The summed E-state index contributed by atoms with van der Waals surface area (Å²) in [6, 6.07) is 7.67. The number of nitrogens with one attached hydrogen (secondary N) is 1. The van der Waals surface area contributed by atoms with Gasteiger partial charge in [0.25, 0.3) is 5.91 Å². The fraction of sp³-hybridized carbons (Fsp3) is 0.375. The zero-order chi connectivity index (χ0) is 15.0. The molecular weight excluding hydrogens is 268 g/mol. The molecule has 1 heterocycles. The largest absolute Gasteiger partial charge is 0.480 e. The van der Waals surface area contributed by atoms with Crippen molar-refractivity contribution < 1.29 is 14.7 Å². The molecule has 2 aromatic rings. The summed E-state index contributed by atoms with van der Waals surface area (Å²) in [4.78, 5) is 23.9. The van der Waals surface area contributed by atoms with Crippen LogP contribution in [-0.4, -0.2) is 27.1 Å². The van der Waals surface area contributed by atoms with Crippen LogP contribution in [0.3, 0.4) is 0 Å². The number of carbonyl (C=O) groups excluding carboxylic acids is 1. The summed E-state index contributed by atoms with van der Waals surface area (Å²) < 4.78 is 2.00. The Morgan fingerprint density at radius 2 is 2.05 bits per heavy atom. The maximum Gasteiger partial charge on any atom is 0.329 e. The number of carboxylic acid groups (broad SMARTS) is 1. The molecule has 0 aliphatic heterocycles. The summed E-state index contributed by atoms with van der Waals surface area (Å²) in [7, 11) is 0. The summed E-state index contributed by atoms with van der Waals surface area (Å²) >= 11 is 0. The molecule has 0 unspecified atom stereocenters. The van der Waals surface area contributed by atoms with Crippen LogP contribution in [0.15, 0.2) is 30.5 Å². The molecule has 1 aliphatic rings. The summed E-state index contributed by atoms with van der Waals surface area (Å²) in [5.74, 6) is -1.25. The number of aromatic nitrogens is 1. The molecule has 1 saturated carbocycles. The van der Waals surface area contributed by atoms with Crippen LogP contribution in [0.5, 0.6) is 0 Å². The third kappa shape index (κ3) is 2.09. The van der Waals surface area contributed by atoms with E-state index in [1.165, 1.54) is 0 Å². The van der Waals surface area contributed by atoms with Gasteiger partial charge in [0.15, 0.2) is 0 Å². The predicted octanol–water partition coefficient (Wildman–Crippen LogP) is 2.40. The average molecular weight is 286 g/mol. The summed E-state index contributed by atoms with van der Waals surface area (Å²) in [6.07, 6.45) is 3.64. The zero-order valence-electron chi connectivity index (χ0n) is 11.9. The van der Waals surface area contributed by atoms with Crippen molar-refractivity contribution in [2.45, 2.75) is 38.3 Å². The minimum atomic E-state index is -1.08. The van der Waals surface area contributed by atoms with Gasteiger partial charge < -0.3 is 15.0 Å². The van der Waals surface area contributed by atoms with Crippen molar-refractivity contribution in [3.05, 3.63) is 36.0 Å². The van der Waals surface area contributed by atoms with Gasteiger partial charge in [0.2, 0.25) is 0 Å². The molecule has 1 aromatic carbocycles. The number of para-hydroxylation sites is 1. The van der Waals surface area contributed by atoms with E-state index in [0.29, 0.717) is 18.4 Å². The normalized spacial score (nSPS) is 16.4. The van der Waals surface area contributed by atoms with Gasteiger partial charge in [-0.25, -0.2) is 4.79 Å². The van der Waals surface area contributed by atoms with Crippen LogP contribution in [0.2, 0.25) is 0 Å². The van der Waals surface area contributed by atoms with Gasteiger partial charge in [-0.2, -0.15) is 0 Å². The van der Waals surface area contributed by atoms with Crippen LogP contribution in [-0.2, 0) is 11.3 Å². The van der Waals surface area contributed by atoms with E-state index in [2.05, 4.69) is 5.32 Å². The van der Waals surface area contributed by atoms with Crippen LogP contribution in [0, 0.1) is 0 Å². The number of amides is 1. The molecule has 1 aliphatic carbocycles. The average Bonchev–Trinajstić information content (AvgIpc) is 2.81. The molecule has 5 heteroatoms. The first-order chi connectivity index (χ1) is 10.1. The second-order valence-electron chi connectivity index (χ2n) is 5.54. The van der Waals surface area contributed by atoms with Gasteiger partial charge >= 0.3 is 5.97 Å². The van der Waals surface area contributed by atoms with Crippen LogP contribution in [0.1, 0.15) is 36.5 Å². The second-order valence-corrected chi connectivity index (χ2v) is 5.54. The number of hydrogen-bond donors (Lipinski definition) is 2. The molecular formula is C16H18N2O3. The van der Waals surface area contributed by atoms with Crippen LogP contribution in [0.4, 0.5) is 0 Å². The van der Waals surface area contributed by atoms with Crippen molar-refractivity contribution in [1.29, 1.82) is 0 Å². The molecule has 110 valence electrons. The zero-order valence-corrected chi connectivity index (χ0v) is 11.9. The fourth-order valence-electron chi connectivity index (χ4n) is 2.90. The van der Waals surface area contributed by atoms with Crippen molar-refractivity contribution in [2.75, 3.05) is 0 Å². The van der Waals surface area contributed by atoms with Gasteiger partial charge in [-0.1, -0.05) is 18.2 Å². The quantitative estimate of drug-likeness (QED) is 0.906. The molecule has 5 nitrogen and oxygen atoms in total. The Bertz CT molecular complexity index is 713. The van der Waals surface area contributed by atoms with E-state index < -0.39 is 11.5 Å². The molecule has 0 radical (unpaired) electrons. The van der Waals surface area contributed by atoms with E-state index in [-0.39, 0.29) is 5.91 Å². The molecule has 0 spiro atoms. The van der Waals surface area contributed by atoms with Gasteiger partial charge in [-0.3, -0.25) is 4.79 Å². The highest BCUT2D eigenvalue weighted by molar-refractivity contribution is 6.08. The molecule has 0 atom stereocenters. The van der Waals surface area contributed by atoms with E-state index in [4.69, 9.17) is 0 Å². The van der Waals surface area contributed by atoms with E-state index in [1.54, 1.807) is 6.20 Å². The number of carbonyl (C=O) groups is 2. The smallest absolute Gasteiger partial charge is 0.329 e. The molecule has 0 bridgehead atoms. The third-order valence-electron chi connectivity index (χ3n) is 4.34. The number of aryl methyl sites for hydroxylation is 1. The van der Waals surface area contributed by atoms with Crippen LogP contribution in [0.25, 0.3) is 10.9 Å². The molecule has 0 saturated heterocycles. The van der Waals surface area contributed by atoms with Crippen molar-refractivity contribution in [2.24, 2.45) is 0 Å². The van der Waals surface area contributed by atoms with E-state index >= 15 is 0 Å². The topological polar surface area (TPSA) is 71.3 Å². The third-order valence-corrected chi connectivity index (χ3v) is 4.34. The maximum absolute atomic E-state index is 12.5. The van der Waals surface area contributed by atoms with E-state index in [0.717, 1.165) is 23.9 Å². The lowest BCUT2D eigenvalue weighted by molar-refractivity contribution is -0.148. The number of nitrogens with zero attached hydrogens (tertiary/aromatic N) is 1. The number of aliphatic carboxylic acids is 1. The van der Waals surface area contributed by atoms with Gasteiger partial charge in [0.1, 0.15) is 5.54 Å². The molecule has 1 aromatic heterocycles. The maximum atomic E-state index is 12.5. The molecule has 2 N–H and O–H groups in total. The highest BCUT2D eigenvalue weighted by atomic mass is 16.4. The monoisotopic (exact) mass is 286 g/mol. The van der Waals surface area contributed by atoms with Crippen molar-refractivity contribution >= 4 is 22.8 Å². The predicted molar refractivity (Wildman–Crippen MR) is 79.3 cm³/mol. The van der Waals surface area contributed by atoms with Crippen molar-refractivity contribution in [1.82, 2.24) is 9.88 Å². The molecule has 1 amide bonds. The Hall–Kier alpha value is -2.30. The number of benzene rings is 1.